The van der Waals surface area contributed by atoms with E-state index in [1.54, 1.807) is 30.6 Å². The molecule has 0 atom stereocenters. The molecule has 98 valence electrons. The van der Waals surface area contributed by atoms with Crippen LogP contribution in [-0.4, -0.2) is 17.4 Å². The molecule has 0 unspecified atom stereocenters. The number of nitrogens with one attached hydrogen (secondary N) is 1. The summed E-state index contributed by atoms with van der Waals surface area (Å²) in [5.74, 6) is -0.221. The maximum absolute atomic E-state index is 11.9. The van der Waals surface area contributed by atoms with Crippen LogP contribution in [0.4, 0.5) is 5.69 Å². The van der Waals surface area contributed by atoms with Gasteiger partial charge in [0, 0.05) is 24.6 Å². The van der Waals surface area contributed by atoms with Crippen LogP contribution in [0.2, 0.25) is 5.02 Å². The summed E-state index contributed by atoms with van der Waals surface area (Å²) in [5.41, 5.74) is 7.62. The number of aromatic nitrogens is 1. The number of carbonyl (C=O) groups excluding carboxylic acids is 1. The van der Waals surface area contributed by atoms with E-state index in [4.69, 9.17) is 17.3 Å². The van der Waals surface area contributed by atoms with E-state index in [2.05, 4.69) is 10.3 Å². The van der Waals surface area contributed by atoms with Gasteiger partial charge in [-0.15, -0.1) is 0 Å². The molecular formula is C14H14ClN3O. The zero-order valence-electron chi connectivity index (χ0n) is 10.3. The van der Waals surface area contributed by atoms with Gasteiger partial charge in [0.15, 0.2) is 0 Å². The second-order valence-electron chi connectivity index (χ2n) is 4.11. The standard InChI is InChI=1S/C14H14ClN3O/c15-13-4-3-11(16)8-12(13)14(19)18-7-5-10-2-1-6-17-9-10/h1-4,6,8-9H,5,7,16H2,(H,18,19). The zero-order valence-corrected chi connectivity index (χ0v) is 11.0. The smallest absolute Gasteiger partial charge is 0.252 e. The number of rotatable bonds is 4. The molecule has 19 heavy (non-hydrogen) atoms. The molecule has 0 bridgehead atoms. The minimum absolute atomic E-state index is 0.221. The lowest BCUT2D eigenvalue weighted by atomic mass is 10.1. The van der Waals surface area contributed by atoms with Crippen molar-refractivity contribution >= 4 is 23.2 Å². The maximum Gasteiger partial charge on any atom is 0.252 e. The first-order valence-electron chi connectivity index (χ1n) is 5.89. The van der Waals surface area contributed by atoms with Gasteiger partial charge < -0.3 is 11.1 Å². The van der Waals surface area contributed by atoms with Crippen LogP contribution >= 0.6 is 11.6 Å². The van der Waals surface area contributed by atoms with Gasteiger partial charge in [-0.05, 0) is 36.2 Å². The average Bonchev–Trinajstić information content (AvgIpc) is 2.42. The molecule has 5 heteroatoms. The summed E-state index contributed by atoms with van der Waals surface area (Å²) in [7, 11) is 0. The zero-order chi connectivity index (χ0) is 13.7. The minimum Gasteiger partial charge on any atom is -0.399 e. The van der Waals surface area contributed by atoms with Crippen LogP contribution in [0.1, 0.15) is 15.9 Å². The largest absolute Gasteiger partial charge is 0.399 e. The average molecular weight is 276 g/mol. The van der Waals surface area contributed by atoms with Crippen molar-refractivity contribution in [3.8, 4) is 0 Å². The van der Waals surface area contributed by atoms with Crippen LogP contribution in [0.3, 0.4) is 0 Å². The van der Waals surface area contributed by atoms with E-state index in [1.807, 2.05) is 12.1 Å². The predicted octanol–water partition coefficient (Wildman–Crippen LogP) is 2.29. The molecule has 0 fully saturated rings. The number of benzene rings is 1. The van der Waals surface area contributed by atoms with Crippen molar-refractivity contribution in [1.29, 1.82) is 0 Å². The fourth-order valence-electron chi connectivity index (χ4n) is 1.68. The number of anilines is 1. The summed E-state index contributed by atoms with van der Waals surface area (Å²) < 4.78 is 0. The molecule has 0 aliphatic rings. The van der Waals surface area contributed by atoms with Gasteiger partial charge in [0.2, 0.25) is 0 Å². The quantitative estimate of drug-likeness (QED) is 0.841. The maximum atomic E-state index is 11.9. The summed E-state index contributed by atoms with van der Waals surface area (Å²) in [6, 6.07) is 8.68. The highest BCUT2D eigenvalue weighted by molar-refractivity contribution is 6.34. The van der Waals surface area contributed by atoms with Crippen LogP contribution in [-0.2, 0) is 6.42 Å². The van der Waals surface area contributed by atoms with Crippen LogP contribution < -0.4 is 11.1 Å². The Morgan fingerprint density at radius 1 is 1.37 bits per heavy atom. The van der Waals surface area contributed by atoms with E-state index < -0.39 is 0 Å². The van der Waals surface area contributed by atoms with Crippen molar-refractivity contribution < 1.29 is 4.79 Å². The number of hydrogen-bond acceptors (Lipinski definition) is 3. The molecule has 2 aromatic rings. The molecule has 0 aliphatic carbocycles. The molecule has 0 saturated heterocycles. The predicted molar refractivity (Wildman–Crippen MR) is 76.1 cm³/mol. The number of nitrogens with two attached hydrogens (primary N) is 1. The van der Waals surface area contributed by atoms with Crippen molar-refractivity contribution in [2.45, 2.75) is 6.42 Å². The molecule has 0 radical (unpaired) electrons. The Morgan fingerprint density at radius 3 is 2.95 bits per heavy atom. The molecule has 1 aromatic heterocycles. The molecule has 1 heterocycles. The van der Waals surface area contributed by atoms with Gasteiger partial charge in [0.1, 0.15) is 0 Å². The van der Waals surface area contributed by atoms with E-state index >= 15 is 0 Å². The van der Waals surface area contributed by atoms with Crippen LogP contribution in [0.25, 0.3) is 0 Å². The van der Waals surface area contributed by atoms with Gasteiger partial charge in [0.25, 0.3) is 5.91 Å². The number of amides is 1. The van der Waals surface area contributed by atoms with Crippen molar-refractivity contribution in [2.75, 3.05) is 12.3 Å². The SMILES string of the molecule is Nc1ccc(Cl)c(C(=O)NCCc2cccnc2)c1. The summed E-state index contributed by atoms with van der Waals surface area (Å²) in [6.07, 6.45) is 4.22. The highest BCUT2D eigenvalue weighted by atomic mass is 35.5. The van der Waals surface area contributed by atoms with Gasteiger partial charge >= 0.3 is 0 Å². The molecule has 1 aromatic carbocycles. The van der Waals surface area contributed by atoms with E-state index in [0.717, 1.165) is 12.0 Å². The first-order chi connectivity index (χ1) is 9.16. The summed E-state index contributed by atoms with van der Waals surface area (Å²) in [4.78, 5) is 16.0. The highest BCUT2D eigenvalue weighted by Gasteiger charge is 2.09. The lowest BCUT2D eigenvalue weighted by molar-refractivity contribution is 0.0954. The molecular weight excluding hydrogens is 262 g/mol. The molecule has 1 amide bonds. The van der Waals surface area contributed by atoms with Gasteiger partial charge in [-0.2, -0.15) is 0 Å². The first-order valence-corrected chi connectivity index (χ1v) is 6.27. The summed E-state index contributed by atoms with van der Waals surface area (Å²) in [5, 5.41) is 3.21. The number of nitrogens with zero attached hydrogens (tertiary/aromatic N) is 1. The van der Waals surface area contributed by atoms with Crippen molar-refractivity contribution in [3.63, 3.8) is 0 Å². The van der Waals surface area contributed by atoms with Gasteiger partial charge in [0.05, 0.1) is 10.6 Å². The monoisotopic (exact) mass is 275 g/mol. The molecule has 4 nitrogen and oxygen atoms in total. The molecule has 0 aliphatic heterocycles. The highest BCUT2D eigenvalue weighted by Crippen LogP contribution is 2.18. The second-order valence-corrected chi connectivity index (χ2v) is 4.51. The number of carbonyl (C=O) groups is 1. The Balaban J connectivity index is 1.93. The molecule has 0 saturated carbocycles. The molecule has 3 N–H and O–H groups in total. The number of halogens is 1. The number of nitrogen functional groups attached to an aromatic ring is 1. The van der Waals surface area contributed by atoms with Crippen molar-refractivity contribution in [1.82, 2.24) is 10.3 Å². The summed E-state index contributed by atoms with van der Waals surface area (Å²) in [6.45, 7) is 0.523. The normalized spacial score (nSPS) is 10.2. The summed E-state index contributed by atoms with van der Waals surface area (Å²) >= 11 is 5.96. The molecule has 2 rings (SSSR count). The lowest BCUT2D eigenvalue weighted by Gasteiger charge is -2.07. The minimum atomic E-state index is -0.221. The number of pyridine rings is 1. The van der Waals surface area contributed by atoms with Gasteiger partial charge in [-0.3, -0.25) is 9.78 Å². The Kier molecular flexibility index (Phi) is 4.36. The lowest BCUT2D eigenvalue weighted by Crippen LogP contribution is -2.26. The fourth-order valence-corrected chi connectivity index (χ4v) is 1.88. The molecule has 0 spiro atoms. The third-order valence-corrected chi connectivity index (χ3v) is 2.99. The first kappa shape index (κ1) is 13.4. The Labute approximate surface area is 116 Å². The van der Waals surface area contributed by atoms with Crippen LogP contribution in [0.5, 0.6) is 0 Å². The van der Waals surface area contributed by atoms with E-state index in [-0.39, 0.29) is 5.91 Å². The topological polar surface area (TPSA) is 68.0 Å². The van der Waals surface area contributed by atoms with Crippen molar-refractivity contribution in [3.05, 3.63) is 58.9 Å². The van der Waals surface area contributed by atoms with E-state index in [9.17, 15) is 4.79 Å². The van der Waals surface area contributed by atoms with Gasteiger partial charge in [-0.25, -0.2) is 0 Å². The van der Waals surface area contributed by atoms with E-state index in [0.29, 0.717) is 22.8 Å². The third-order valence-electron chi connectivity index (χ3n) is 2.66. The number of hydrogen-bond donors (Lipinski definition) is 2. The third kappa shape index (κ3) is 3.69. The fraction of sp³-hybridized carbons (Fsp3) is 0.143. The Hall–Kier alpha value is -2.07. The van der Waals surface area contributed by atoms with E-state index in [1.165, 1.54) is 0 Å². The second kappa shape index (κ2) is 6.20. The van der Waals surface area contributed by atoms with Crippen LogP contribution in [0, 0.1) is 0 Å². The Bertz CT molecular complexity index is 572. The van der Waals surface area contributed by atoms with Crippen LogP contribution in [0.15, 0.2) is 42.7 Å². The van der Waals surface area contributed by atoms with Crippen molar-refractivity contribution in [2.24, 2.45) is 0 Å². The van der Waals surface area contributed by atoms with Gasteiger partial charge in [-0.1, -0.05) is 17.7 Å². The Morgan fingerprint density at radius 2 is 2.21 bits per heavy atom.